The molecule has 1 amide bonds. The zero-order valence-corrected chi connectivity index (χ0v) is 8.50. The number of nitrogens with one attached hydrogen (secondary N) is 1. The van der Waals surface area contributed by atoms with Crippen LogP contribution in [-0.2, 0) is 11.3 Å². The van der Waals surface area contributed by atoms with Gasteiger partial charge in [0.05, 0.1) is 0 Å². The summed E-state index contributed by atoms with van der Waals surface area (Å²) in [6.45, 7) is 0.955. The number of rotatable bonds is 4. The highest BCUT2D eigenvalue weighted by Crippen LogP contribution is 2.30. The molecule has 0 saturated heterocycles. The summed E-state index contributed by atoms with van der Waals surface area (Å²) in [4.78, 5) is 10.9. The first-order valence-electron chi connectivity index (χ1n) is 4.67. The number of hydrogen-bond acceptors (Lipinski definition) is 2. The summed E-state index contributed by atoms with van der Waals surface area (Å²) >= 11 is 5.36. The zero-order valence-electron chi connectivity index (χ0n) is 7.74. The number of halogens is 1. The van der Waals surface area contributed by atoms with Crippen LogP contribution in [0, 0.1) is 5.92 Å². The fourth-order valence-corrected chi connectivity index (χ4v) is 1.34. The van der Waals surface area contributed by atoms with E-state index in [4.69, 9.17) is 11.6 Å². The molecule has 4 nitrogen and oxygen atoms in total. The highest BCUT2D eigenvalue weighted by molar-refractivity contribution is 6.28. The summed E-state index contributed by atoms with van der Waals surface area (Å²) in [5, 5.41) is 6.81. The number of amides is 1. The minimum atomic E-state index is -0.219. The van der Waals surface area contributed by atoms with Gasteiger partial charge in [0.15, 0.2) is 5.82 Å². The maximum Gasteiger partial charge on any atom is 0.240 e. The molecule has 1 aromatic rings. The van der Waals surface area contributed by atoms with Gasteiger partial charge >= 0.3 is 0 Å². The first kappa shape index (κ1) is 9.52. The van der Waals surface area contributed by atoms with Crippen LogP contribution < -0.4 is 5.32 Å². The summed E-state index contributed by atoms with van der Waals surface area (Å²) in [5.41, 5.74) is 0. The second-order valence-electron chi connectivity index (χ2n) is 3.55. The van der Waals surface area contributed by atoms with Crippen LogP contribution in [0.4, 0.5) is 5.82 Å². The zero-order chi connectivity index (χ0) is 9.97. The number of nitrogens with zero attached hydrogens (tertiary/aromatic N) is 2. The molecule has 0 aliphatic heterocycles. The summed E-state index contributed by atoms with van der Waals surface area (Å²) in [5.74, 6) is 1.11. The van der Waals surface area contributed by atoms with E-state index in [2.05, 4.69) is 10.4 Å². The lowest BCUT2D eigenvalue weighted by molar-refractivity contribution is -0.113. The predicted octanol–water partition coefficient (Wildman–Crippen LogP) is 1.47. The molecule has 1 aromatic heterocycles. The lowest BCUT2D eigenvalue weighted by Crippen LogP contribution is -2.13. The monoisotopic (exact) mass is 213 g/mol. The van der Waals surface area contributed by atoms with Gasteiger partial charge in [-0.3, -0.25) is 9.48 Å². The average Bonchev–Trinajstić information content (AvgIpc) is 2.87. The largest absolute Gasteiger partial charge is 0.308 e. The molecule has 5 heteroatoms. The second-order valence-corrected chi connectivity index (χ2v) is 3.82. The van der Waals surface area contributed by atoms with Crippen LogP contribution in [0.3, 0.4) is 0 Å². The Morgan fingerprint density at radius 2 is 2.50 bits per heavy atom. The van der Waals surface area contributed by atoms with E-state index in [0.29, 0.717) is 5.82 Å². The van der Waals surface area contributed by atoms with E-state index in [1.54, 1.807) is 6.07 Å². The van der Waals surface area contributed by atoms with E-state index >= 15 is 0 Å². The van der Waals surface area contributed by atoms with Crippen molar-refractivity contribution in [1.29, 1.82) is 0 Å². The van der Waals surface area contributed by atoms with Gasteiger partial charge in [-0.05, 0) is 18.8 Å². The van der Waals surface area contributed by atoms with Crippen LogP contribution in [0.15, 0.2) is 12.3 Å². The Bertz CT molecular complexity index is 333. The lowest BCUT2D eigenvalue weighted by atomic mass is 10.4. The summed E-state index contributed by atoms with van der Waals surface area (Å²) in [7, 11) is 0. The maximum atomic E-state index is 10.9. The van der Waals surface area contributed by atoms with Crippen LogP contribution in [-0.4, -0.2) is 21.6 Å². The smallest absolute Gasteiger partial charge is 0.240 e. The number of hydrogen-bond donors (Lipinski definition) is 1. The van der Waals surface area contributed by atoms with Crippen molar-refractivity contribution in [2.24, 2.45) is 5.92 Å². The van der Waals surface area contributed by atoms with Crippen LogP contribution >= 0.6 is 11.6 Å². The van der Waals surface area contributed by atoms with Gasteiger partial charge < -0.3 is 5.32 Å². The van der Waals surface area contributed by atoms with Crippen molar-refractivity contribution >= 4 is 23.3 Å². The van der Waals surface area contributed by atoms with Gasteiger partial charge in [0.2, 0.25) is 5.91 Å². The van der Waals surface area contributed by atoms with Gasteiger partial charge in [-0.2, -0.15) is 5.10 Å². The van der Waals surface area contributed by atoms with Crippen LogP contribution in [0.1, 0.15) is 12.8 Å². The fraction of sp³-hybridized carbons (Fsp3) is 0.556. The molecule has 0 bridgehead atoms. The number of anilines is 1. The molecule has 1 aliphatic rings. The highest BCUT2D eigenvalue weighted by atomic mass is 35.5. The Morgan fingerprint density at radius 1 is 1.71 bits per heavy atom. The molecule has 1 N–H and O–H groups in total. The normalized spacial score (nSPS) is 15.5. The molecule has 0 radical (unpaired) electrons. The SMILES string of the molecule is O=C(CCl)Nc1ccn(CC2CC2)n1. The maximum absolute atomic E-state index is 10.9. The number of carbonyl (C=O) groups is 1. The number of aromatic nitrogens is 2. The molecular formula is C9H12ClN3O. The summed E-state index contributed by atoms with van der Waals surface area (Å²) in [6.07, 6.45) is 4.47. The second kappa shape index (κ2) is 4.00. The molecule has 0 spiro atoms. The van der Waals surface area contributed by atoms with Gasteiger partial charge in [0, 0.05) is 18.8 Å². The Hall–Kier alpha value is -1.03. The van der Waals surface area contributed by atoms with E-state index in [1.807, 2.05) is 10.9 Å². The summed E-state index contributed by atoms with van der Waals surface area (Å²) in [6, 6.07) is 1.78. The van der Waals surface area contributed by atoms with Crippen molar-refractivity contribution in [3.63, 3.8) is 0 Å². The average molecular weight is 214 g/mol. The number of alkyl halides is 1. The molecule has 1 heterocycles. The lowest BCUT2D eigenvalue weighted by Gasteiger charge is -1.98. The number of carbonyl (C=O) groups excluding carboxylic acids is 1. The highest BCUT2D eigenvalue weighted by Gasteiger charge is 2.21. The first-order valence-corrected chi connectivity index (χ1v) is 5.20. The molecule has 76 valence electrons. The van der Waals surface area contributed by atoms with Crippen molar-refractivity contribution in [1.82, 2.24) is 9.78 Å². The molecule has 1 aliphatic carbocycles. The van der Waals surface area contributed by atoms with Crippen molar-refractivity contribution < 1.29 is 4.79 Å². The molecule has 0 atom stereocenters. The van der Waals surface area contributed by atoms with Crippen LogP contribution in [0.5, 0.6) is 0 Å². The van der Waals surface area contributed by atoms with Gasteiger partial charge in [0.25, 0.3) is 0 Å². The van der Waals surface area contributed by atoms with Crippen molar-refractivity contribution in [3.05, 3.63) is 12.3 Å². The third-order valence-electron chi connectivity index (χ3n) is 2.17. The molecule has 1 saturated carbocycles. The minimum absolute atomic E-state index is 0.0323. The molecule has 14 heavy (non-hydrogen) atoms. The fourth-order valence-electron chi connectivity index (χ4n) is 1.27. The molecule has 0 aromatic carbocycles. The van der Waals surface area contributed by atoms with Gasteiger partial charge in [-0.25, -0.2) is 0 Å². The Labute approximate surface area is 87.2 Å². The van der Waals surface area contributed by atoms with Crippen LogP contribution in [0.2, 0.25) is 0 Å². The summed E-state index contributed by atoms with van der Waals surface area (Å²) < 4.78 is 1.86. The van der Waals surface area contributed by atoms with Crippen LogP contribution in [0.25, 0.3) is 0 Å². The standard InChI is InChI=1S/C9H12ClN3O/c10-5-9(14)11-8-3-4-13(12-8)6-7-1-2-7/h3-4,7H,1-2,5-6H2,(H,11,12,14). The van der Waals surface area contributed by atoms with Crippen molar-refractivity contribution in [2.45, 2.75) is 19.4 Å². The topological polar surface area (TPSA) is 46.9 Å². The van der Waals surface area contributed by atoms with E-state index in [9.17, 15) is 4.79 Å². The van der Waals surface area contributed by atoms with Crippen molar-refractivity contribution in [3.8, 4) is 0 Å². The van der Waals surface area contributed by atoms with E-state index < -0.39 is 0 Å². The Morgan fingerprint density at radius 3 is 3.14 bits per heavy atom. The van der Waals surface area contributed by atoms with Gasteiger partial charge in [-0.15, -0.1) is 11.6 Å². The predicted molar refractivity (Wildman–Crippen MR) is 54.3 cm³/mol. The third-order valence-corrected chi connectivity index (χ3v) is 2.41. The van der Waals surface area contributed by atoms with Gasteiger partial charge in [0.1, 0.15) is 5.88 Å². The van der Waals surface area contributed by atoms with E-state index in [-0.39, 0.29) is 11.8 Å². The molecule has 1 fully saturated rings. The quantitative estimate of drug-likeness (QED) is 0.770. The minimum Gasteiger partial charge on any atom is -0.308 e. The van der Waals surface area contributed by atoms with E-state index in [0.717, 1.165) is 12.5 Å². The third kappa shape index (κ3) is 2.48. The molecular weight excluding hydrogens is 202 g/mol. The first-order chi connectivity index (χ1) is 6.78. The molecule has 2 rings (SSSR count). The molecule has 0 unspecified atom stereocenters. The Kier molecular flexibility index (Phi) is 2.72. The van der Waals surface area contributed by atoms with Crippen molar-refractivity contribution in [2.75, 3.05) is 11.2 Å². The van der Waals surface area contributed by atoms with E-state index in [1.165, 1.54) is 12.8 Å². The van der Waals surface area contributed by atoms with Gasteiger partial charge in [-0.1, -0.05) is 0 Å². The Balaban J connectivity index is 1.91.